The van der Waals surface area contributed by atoms with Gasteiger partial charge in [-0.25, -0.2) is 4.79 Å². The highest BCUT2D eigenvalue weighted by Gasteiger charge is 2.10. The van der Waals surface area contributed by atoms with E-state index in [0.29, 0.717) is 10.7 Å². The quantitative estimate of drug-likeness (QED) is 0.742. The van der Waals surface area contributed by atoms with Crippen molar-refractivity contribution in [1.82, 2.24) is 0 Å². The molecule has 0 aliphatic heterocycles. The summed E-state index contributed by atoms with van der Waals surface area (Å²) >= 11 is 5.75. The van der Waals surface area contributed by atoms with Crippen LogP contribution in [0.4, 0.5) is 5.69 Å². The third-order valence-electron chi connectivity index (χ3n) is 1.49. The molecule has 3 nitrogen and oxygen atoms in total. The van der Waals surface area contributed by atoms with Gasteiger partial charge in [0.15, 0.2) is 0 Å². The van der Waals surface area contributed by atoms with Crippen LogP contribution in [0.1, 0.15) is 10.4 Å². The minimum atomic E-state index is -0.984. The molecule has 0 heterocycles. The first kappa shape index (κ1) is 8.87. The molecule has 0 amide bonds. The Bertz CT molecular complexity index is 312. The Hall–Kier alpha value is -1.22. The number of carboxylic acids is 1. The lowest BCUT2D eigenvalue weighted by Gasteiger charge is -2.06. The van der Waals surface area contributed by atoms with Crippen LogP contribution >= 0.6 is 11.6 Å². The minimum absolute atomic E-state index is 0.185. The molecule has 0 fully saturated rings. The van der Waals surface area contributed by atoms with Gasteiger partial charge in [0.2, 0.25) is 0 Å². The number of hydrogen-bond donors (Lipinski definition) is 2. The van der Waals surface area contributed by atoms with Crippen LogP contribution in [0.2, 0.25) is 5.02 Å². The molecule has 1 rings (SSSR count). The van der Waals surface area contributed by atoms with E-state index in [-0.39, 0.29) is 5.56 Å². The van der Waals surface area contributed by atoms with Crippen molar-refractivity contribution in [2.75, 3.05) is 12.4 Å². The molecule has 0 spiro atoms. The summed E-state index contributed by atoms with van der Waals surface area (Å²) in [4.78, 5) is 10.6. The second kappa shape index (κ2) is 3.45. The van der Waals surface area contributed by atoms with Gasteiger partial charge in [-0.1, -0.05) is 17.7 Å². The average Bonchev–Trinajstić information content (AvgIpc) is 2.03. The molecule has 0 saturated heterocycles. The molecule has 0 saturated carbocycles. The Morgan fingerprint density at radius 1 is 1.58 bits per heavy atom. The molecule has 64 valence electrons. The second-order valence-electron chi connectivity index (χ2n) is 2.22. The number of para-hydroxylation sites is 1. The maximum absolute atomic E-state index is 10.6. The second-order valence-corrected chi connectivity index (χ2v) is 2.62. The highest BCUT2D eigenvalue weighted by Crippen LogP contribution is 2.24. The van der Waals surface area contributed by atoms with Crippen molar-refractivity contribution < 1.29 is 9.90 Å². The number of carboxylic acid groups (broad SMARTS) is 1. The van der Waals surface area contributed by atoms with Crippen LogP contribution in [0.5, 0.6) is 0 Å². The fourth-order valence-electron chi connectivity index (χ4n) is 0.956. The number of aromatic carboxylic acids is 1. The van der Waals surface area contributed by atoms with E-state index in [0.717, 1.165) is 0 Å². The van der Waals surface area contributed by atoms with Gasteiger partial charge in [-0.3, -0.25) is 0 Å². The predicted molar refractivity (Wildman–Crippen MR) is 48.0 cm³/mol. The Balaban J connectivity index is 3.27. The molecule has 0 aliphatic rings. The first-order valence-corrected chi connectivity index (χ1v) is 3.74. The highest BCUT2D eigenvalue weighted by molar-refractivity contribution is 6.34. The maximum Gasteiger partial charge on any atom is 0.337 e. The monoisotopic (exact) mass is 185 g/mol. The molecule has 0 aromatic heterocycles. The first-order chi connectivity index (χ1) is 5.66. The molecule has 0 atom stereocenters. The SMILES string of the molecule is CNc1c(Cl)cccc1C(=O)O. The molecule has 1 aromatic carbocycles. The summed E-state index contributed by atoms with van der Waals surface area (Å²) in [7, 11) is 1.63. The van der Waals surface area contributed by atoms with Crippen molar-refractivity contribution in [3.05, 3.63) is 28.8 Å². The lowest BCUT2D eigenvalue weighted by Crippen LogP contribution is -2.02. The van der Waals surface area contributed by atoms with Crippen molar-refractivity contribution >= 4 is 23.3 Å². The summed E-state index contributed by atoms with van der Waals surface area (Å²) in [6.45, 7) is 0. The zero-order valence-electron chi connectivity index (χ0n) is 6.47. The van der Waals surface area contributed by atoms with Gasteiger partial charge in [-0.15, -0.1) is 0 Å². The number of benzene rings is 1. The van der Waals surface area contributed by atoms with Crippen LogP contribution in [0.3, 0.4) is 0 Å². The van der Waals surface area contributed by atoms with Gasteiger partial charge in [0.05, 0.1) is 16.3 Å². The van der Waals surface area contributed by atoms with Crippen LogP contribution in [0.15, 0.2) is 18.2 Å². The predicted octanol–water partition coefficient (Wildman–Crippen LogP) is 2.08. The van der Waals surface area contributed by atoms with Crippen LogP contribution in [-0.2, 0) is 0 Å². The Morgan fingerprint density at radius 2 is 2.25 bits per heavy atom. The third kappa shape index (κ3) is 1.51. The highest BCUT2D eigenvalue weighted by atomic mass is 35.5. The number of hydrogen-bond acceptors (Lipinski definition) is 2. The zero-order valence-corrected chi connectivity index (χ0v) is 7.22. The molecule has 2 N–H and O–H groups in total. The molecule has 0 radical (unpaired) electrons. The van der Waals surface area contributed by atoms with Gasteiger partial charge >= 0.3 is 5.97 Å². The van der Waals surface area contributed by atoms with Crippen molar-refractivity contribution in [2.24, 2.45) is 0 Å². The summed E-state index contributed by atoms with van der Waals surface area (Å²) in [5.41, 5.74) is 0.636. The van der Waals surface area contributed by atoms with Crippen molar-refractivity contribution in [1.29, 1.82) is 0 Å². The van der Waals surface area contributed by atoms with Gasteiger partial charge in [-0.2, -0.15) is 0 Å². The zero-order chi connectivity index (χ0) is 9.14. The number of carbonyl (C=O) groups is 1. The van der Waals surface area contributed by atoms with Crippen molar-refractivity contribution in [2.45, 2.75) is 0 Å². The average molecular weight is 186 g/mol. The van der Waals surface area contributed by atoms with Crippen molar-refractivity contribution in [3.8, 4) is 0 Å². The normalized spacial score (nSPS) is 9.50. The summed E-state index contributed by atoms with van der Waals surface area (Å²) in [5, 5.41) is 11.9. The summed E-state index contributed by atoms with van der Waals surface area (Å²) in [5.74, 6) is -0.984. The number of nitrogens with one attached hydrogen (secondary N) is 1. The molecule has 4 heteroatoms. The summed E-state index contributed by atoms with van der Waals surface area (Å²) in [6.07, 6.45) is 0. The van der Waals surface area contributed by atoms with E-state index in [1.807, 2.05) is 0 Å². The van der Waals surface area contributed by atoms with Crippen LogP contribution in [0.25, 0.3) is 0 Å². The fourth-order valence-corrected chi connectivity index (χ4v) is 1.23. The van der Waals surface area contributed by atoms with Gasteiger partial charge in [0.25, 0.3) is 0 Å². The van der Waals surface area contributed by atoms with E-state index in [1.54, 1.807) is 19.2 Å². The first-order valence-electron chi connectivity index (χ1n) is 3.36. The standard InChI is InChI=1S/C8H8ClNO2/c1-10-7-5(8(11)12)3-2-4-6(7)9/h2-4,10H,1H3,(H,11,12). The van der Waals surface area contributed by atoms with Crippen LogP contribution in [0, 0.1) is 0 Å². The number of rotatable bonds is 2. The van der Waals surface area contributed by atoms with E-state index in [9.17, 15) is 4.79 Å². The minimum Gasteiger partial charge on any atom is -0.478 e. The largest absolute Gasteiger partial charge is 0.478 e. The molecular formula is C8H8ClNO2. The Kier molecular flexibility index (Phi) is 2.55. The lowest BCUT2D eigenvalue weighted by molar-refractivity contribution is 0.0698. The molecule has 0 unspecified atom stereocenters. The third-order valence-corrected chi connectivity index (χ3v) is 1.81. The molecule has 0 aliphatic carbocycles. The smallest absolute Gasteiger partial charge is 0.337 e. The van der Waals surface area contributed by atoms with E-state index < -0.39 is 5.97 Å². The van der Waals surface area contributed by atoms with E-state index >= 15 is 0 Å². The van der Waals surface area contributed by atoms with Gasteiger partial charge < -0.3 is 10.4 Å². The Labute approximate surface area is 75.0 Å². The van der Waals surface area contributed by atoms with E-state index in [2.05, 4.69) is 5.32 Å². The summed E-state index contributed by atoms with van der Waals surface area (Å²) < 4.78 is 0. The fraction of sp³-hybridized carbons (Fsp3) is 0.125. The van der Waals surface area contributed by atoms with Crippen LogP contribution < -0.4 is 5.32 Å². The molecule has 1 aromatic rings. The number of anilines is 1. The van der Waals surface area contributed by atoms with Gasteiger partial charge in [0.1, 0.15) is 0 Å². The van der Waals surface area contributed by atoms with Gasteiger partial charge in [-0.05, 0) is 12.1 Å². The van der Waals surface area contributed by atoms with Crippen LogP contribution in [-0.4, -0.2) is 18.1 Å². The Morgan fingerprint density at radius 3 is 2.67 bits per heavy atom. The lowest BCUT2D eigenvalue weighted by atomic mass is 10.2. The maximum atomic E-state index is 10.6. The molecular weight excluding hydrogens is 178 g/mol. The van der Waals surface area contributed by atoms with Gasteiger partial charge in [0, 0.05) is 7.05 Å². The van der Waals surface area contributed by atoms with E-state index in [4.69, 9.17) is 16.7 Å². The molecule has 12 heavy (non-hydrogen) atoms. The number of halogens is 1. The molecule has 0 bridgehead atoms. The topological polar surface area (TPSA) is 49.3 Å². The summed E-state index contributed by atoms with van der Waals surface area (Å²) in [6, 6.07) is 4.74. The van der Waals surface area contributed by atoms with Crippen molar-refractivity contribution in [3.63, 3.8) is 0 Å². The van der Waals surface area contributed by atoms with E-state index in [1.165, 1.54) is 6.07 Å².